The van der Waals surface area contributed by atoms with Crippen molar-refractivity contribution in [2.45, 2.75) is 6.92 Å². The molecule has 52 valence electrons. The Morgan fingerprint density at radius 2 is 2.40 bits per heavy atom. The van der Waals surface area contributed by atoms with Crippen molar-refractivity contribution in [2.75, 3.05) is 6.16 Å². The van der Waals surface area contributed by atoms with E-state index >= 15 is 0 Å². The van der Waals surface area contributed by atoms with E-state index in [1.54, 1.807) is 0 Å². The second-order valence-electron chi connectivity index (χ2n) is 1.88. The Balaban J connectivity index is 2.85. The van der Waals surface area contributed by atoms with Gasteiger partial charge in [0.2, 0.25) is 0 Å². The number of rotatable bonds is 2. The van der Waals surface area contributed by atoms with Crippen molar-refractivity contribution in [3.05, 3.63) is 24.4 Å². The van der Waals surface area contributed by atoms with Gasteiger partial charge in [0.05, 0.1) is 0 Å². The van der Waals surface area contributed by atoms with Crippen LogP contribution in [0.25, 0.3) is 0 Å². The Kier molecular flexibility index (Phi) is 3.21. The normalized spacial score (nSPS) is 11.1. The molecule has 0 spiro atoms. The van der Waals surface area contributed by atoms with Gasteiger partial charge in [0.25, 0.3) is 0 Å². The summed E-state index contributed by atoms with van der Waals surface area (Å²) in [4.78, 5) is 4.25. The Labute approximate surface area is 69.5 Å². The predicted molar refractivity (Wildman–Crippen MR) is 47.1 cm³/mol. The fourth-order valence-electron chi connectivity index (χ4n) is 0.663. The van der Waals surface area contributed by atoms with Gasteiger partial charge >= 0.3 is 69.2 Å². The summed E-state index contributed by atoms with van der Waals surface area (Å²) in [6, 6.07) is 6.05. The Hall–Kier alpha value is -0.0305. The molecule has 1 aromatic heterocycles. The number of pyridine rings is 1. The molecule has 1 atom stereocenters. The Morgan fingerprint density at radius 1 is 1.60 bits per heavy atom. The Morgan fingerprint density at radius 3 is 2.90 bits per heavy atom. The molecule has 0 amide bonds. The van der Waals surface area contributed by atoms with Crippen molar-refractivity contribution in [2.24, 2.45) is 0 Å². The van der Waals surface area contributed by atoms with E-state index in [-0.39, 0.29) is 6.17 Å². The SMILES string of the molecule is CC[P+](=[Se])c1ccccn1. The van der Waals surface area contributed by atoms with Gasteiger partial charge in [-0.2, -0.15) is 0 Å². The molecule has 1 nitrogen and oxygen atoms in total. The summed E-state index contributed by atoms with van der Waals surface area (Å²) in [6.45, 7) is 2.18. The first kappa shape index (κ1) is 8.07. The minimum atomic E-state index is -0.110. The molecule has 0 fully saturated rings. The first-order valence-electron chi connectivity index (χ1n) is 3.20. The van der Waals surface area contributed by atoms with Crippen LogP contribution < -0.4 is 5.44 Å². The summed E-state index contributed by atoms with van der Waals surface area (Å²) in [6.07, 6.45) is 2.91. The van der Waals surface area contributed by atoms with Crippen LogP contribution in [0.3, 0.4) is 0 Å². The topological polar surface area (TPSA) is 12.9 Å². The molecule has 0 saturated carbocycles. The third-order valence-electron chi connectivity index (χ3n) is 1.19. The predicted octanol–water partition coefficient (Wildman–Crippen LogP) is 1.29. The second kappa shape index (κ2) is 3.98. The number of hydrogen-bond donors (Lipinski definition) is 0. The van der Waals surface area contributed by atoms with Crippen molar-refractivity contribution in [3.63, 3.8) is 0 Å². The monoisotopic (exact) mass is 218 g/mol. The van der Waals surface area contributed by atoms with E-state index in [1.807, 2.05) is 18.3 Å². The molecular formula is C7H9NPSe+. The van der Waals surface area contributed by atoms with Gasteiger partial charge in [-0.05, 0) is 0 Å². The van der Waals surface area contributed by atoms with Crippen molar-refractivity contribution in [1.29, 1.82) is 0 Å². The van der Waals surface area contributed by atoms with E-state index in [0.717, 1.165) is 0 Å². The average molecular weight is 217 g/mol. The van der Waals surface area contributed by atoms with Gasteiger partial charge in [-0.1, -0.05) is 0 Å². The average Bonchev–Trinajstić information content (AvgIpc) is 2.05. The van der Waals surface area contributed by atoms with E-state index in [4.69, 9.17) is 0 Å². The van der Waals surface area contributed by atoms with Gasteiger partial charge in [0, 0.05) is 0 Å². The molecule has 0 aliphatic heterocycles. The zero-order valence-corrected chi connectivity index (χ0v) is 8.43. The van der Waals surface area contributed by atoms with E-state index in [0.29, 0.717) is 0 Å². The van der Waals surface area contributed by atoms with Crippen molar-refractivity contribution < 1.29 is 0 Å². The van der Waals surface area contributed by atoms with E-state index in [1.165, 1.54) is 11.6 Å². The number of hydrogen-bond acceptors (Lipinski definition) is 1. The van der Waals surface area contributed by atoms with E-state index in [9.17, 15) is 0 Å². The first-order chi connectivity index (χ1) is 4.84. The quantitative estimate of drug-likeness (QED) is 0.537. The van der Waals surface area contributed by atoms with Crippen LogP contribution in [-0.2, 0) is 0 Å². The second-order valence-corrected chi connectivity index (χ2v) is 6.50. The van der Waals surface area contributed by atoms with Gasteiger partial charge in [-0.3, -0.25) is 0 Å². The molecule has 0 N–H and O–H groups in total. The third kappa shape index (κ3) is 1.98. The molecule has 1 aromatic rings. The molecule has 1 unspecified atom stereocenters. The maximum atomic E-state index is 4.25. The molecule has 0 aliphatic carbocycles. The van der Waals surface area contributed by atoms with Crippen LogP contribution in [0.15, 0.2) is 24.4 Å². The molecule has 0 saturated heterocycles. The maximum absolute atomic E-state index is 4.25. The third-order valence-corrected chi connectivity index (χ3v) is 5.34. The zero-order valence-electron chi connectivity index (χ0n) is 5.82. The van der Waals surface area contributed by atoms with Crippen molar-refractivity contribution in [1.82, 2.24) is 4.98 Å². The van der Waals surface area contributed by atoms with Crippen LogP contribution in [0.4, 0.5) is 0 Å². The van der Waals surface area contributed by atoms with Crippen LogP contribution >= 0.6 is 6.17 Å². The summed E-state index contributed by atoms with van der Waals surface area (Å²) in [7, 11) is 0. The van der Waals surface area contributed by atoms with Crippen LogP contribution in [0.2, 0.25) is 0 Å². The van der Waals surface area contributed by atoms with Gasteiger partial charge in [-0.15, -0.1) is 0 Å². The van der Waals surface area contributed by atoms with Crippen molar-refractivity contribution in [3.8, 4) is 0 Å². The van der Waals surface area contributed by atoms with Crippen LogP contribution in [0.5, 0.6) is 0 Å². The number of nitrogens with zero attached hydrogens (tertiary/aromatic N) is 1. The molecule has 10 heavy (non-hydrogen) atoms. The standard InChI is InChI=1S/C7H9NPSe/c1-2-9(10)7-5-3-4-6-8-7/h3-6H,2H2,1H3/q+1. The molecular weight excluding hydrogens is 208 g/mol. The molecule has 0 aromatic carbocycles. The molecule has 3 heteroatoms. The fraction of sp³-hybridized carbons (Fsp3) is 0.286. The summed E-state index contributed by atoms with van der Waals surface area (Å²) < 4.78 is 0. The van der Waals surface area contributed by atoms with E-state index < -0.39 is 0 Å². The molecule has 0 radical (unpaired) electrons. The Bertz CT molecular complexity index is 222. The first-order valence-corrected chi connectivity index (χ1v) is 6.94. The zero-order chi connectivity index (χ0) is 7.40. The fourth-order valence-corrected chi connectivity index (χ4v) is 2.11. The molecule has 0 bridgehead atoms. The summed E-state index contributed by atoms with van der Waals surface area (Å²) in [5.41, 5.74) is 1.21. The summed E-state index contributed by atoms with van der Waals surface area (Å²) in [5, 5.41) is 0. The van der Waals surface area contributed by atoms with E-state index in [2.05, 4.69) is 33.1 Å². The molecule has 0 aliphatic rings. The summed E-state index contributed by atoms with van der Waals surface area (Å²) in [5.74, 6) is 0. The molecule has 1 heterocycles. The number of aromatic nitrogens is 1. The van der Waals surface area contributed by atoms with Gasteiger partial charge in [0.15, 0.2) is 0 Å². The molecule has 1 rings (SSSR count). The van der Waals surface area contributed by atoms with Crippen molar-refractivity contribution >= 4 is 26.7 Å². The van der Waals surface area contributed by atoms with Gasteiger partial charge in [0.1, 0.15) is 0 Å². The van der Waals surface area contributed by atoms with Crippen LogP contribution in [0.1, 0.15) is 6.92 Å². The summed E-state index contributed by atoms with van der Waals surface area (Å²) >= 11 is 3.15. The minimum absolute atomic E-state index is 0.110. The van der Waals surface area contributed by atoms with Gasteiger partial charge < -0.3 is 0 Å². The van der Waals surface area contributed by atoms with Crippen LogP contribution in [-0.4, -0.2) is 26.2 Å². The van der Waals surface area contributed by atoms with Gasteiger partial charge in [-0.25, -0.2) is 0 Å². The van der Waals surface area contributed by atoms with Crippen LogP contribution in [0, 0.1) is 0 Å².